The van der Waals surface area contributed by atoms with Crippen LogP contribution in [0.25, 0.3) is 11.0 Å². The standard InChI is InChI=1S/C21H17FO5/c1-25-18-6-5-14(8-17(18)22)21(24)26-11-15-10-20(23)27-19-9-13-4-2-3-12(13)7-16(15)19/h5-10H,2-4,11H2,1H3. The summed E-state index contributed by atoms with van der Waals surface area (Å²) in [5.41, 5.74) is 3.04. The Balaban J connectivity index is 1.61. The fraction of sp³-hybridized carbons (Fsp3) is 0.238. The second-order valence-corrected chi connectivity index (χ2v) is 6.49. The van der Waals surface area contributed by atoms with Gasteiger partial charge in [0.15, 0.2) is 11.6 Å². The van der Waals surface area contributed by atoms with Crippen molar-refractivity contribution in [1.82, 2.24) is 0 Å². The molecule has 0 saturated heterocycles. The third kappa shape index (κ3) is 3.30. The maximum absolute atomic E-state index is 13.8. The van der Waals surface area contributed by atoms with Gasteiger partial charge in [0, 0.05) is 17.0 Å². The Kier molecular flexibility index (Phi) is 4.39. The van der Waals surface area contributed by atoms with E-state index < -0.39 is 17.4 Å². The van der Waals surface area contributed by atoms with E-state index in [4.69, 9.17) is 13.9 Å². The van der Waals surface area contributed by atoms with E-state index in [0.29, 0.717) is 11.1 Å². The number of hydrogen-bond donors (Lipinski definition) is 0. The van der Waals surface area contributed by atoms with Crippen LogP contribution in [0.4, 0.5) is 4.39 Å². The van der Waals surface area contributed by atoms with Gasteiger partial charge in [0.2, 0.25) is 0 Å². The van der Waals surface area contributed by atoms with Gasteiger partial charge in [-0.3, -0.25) is 0 Å². The van der Waals surface area contributed by atoms with E-state index in [1.54, 1.807) is 0 Å². The molecule has 1 heterocycles. The molecule has 1 aliphatic rings. The Bertz CT molecular complexity index is 1100. The molecule has 1 aliphatic carbocycles. The molecule has 0 saturated carbocycles. The first-order valence-corrected chi connectivity index (χ1v) is 8.64. The number of halogens is 1. The number of benzene rings is 2. The molecular formula is C21H17FO5. The van der Waals surface area contributed by atoms with Gasteiger partial charge in [-0.2, -0.15) is 0 Å². The lowest BCUT2D eigenvalue weighted by molar-refractivity contribution is 0.0473. The zero-order valence-corrected chi connectivity index (χ0v) is 14.7. The van der Waals surface area contributed by atoms with Crippen molar-refractivity contribution in [2.75, 3.05) is 7.11 Å². The van der Waals surface area contributed by atoms with E-state index in [-0.39, 0.29) is 17.9 Å². The van der Waals surface area contributed by atoms with E-state index in [2.05, 4.69) is 0 Å². The van der Waals surface area contributed by atoms with Crippen molar-refractivity contribution in [3.63, 3.8) is 0 Å². The highest BCUT2D eigenvalue weighted by Crippen LogP contribution is 2.29. The van der Waals surface area contributed by atoms with Gasteiger partial charge < -0.3 is 13.9 Å². The molecular weight excluding hydrogens is 351 g/mol. The van der Waals surface area contributed by atoms with Crippen molar-refractivity contribution in [2.45, 2.75) is 25.9 Å². The summed E-state index contributed by atoms with van der Waals surface area (Å²) in [4.78, 5) is 24.1. The highest BCUT2D eigenvalue weighted by Gasteiger charge is 2.17. The van der Waals surface area contributed by atoms with Crippen LogP contribution in [0.15, 0.2) is 45.6 Å². The van der Waals surface area contributed by atoms with Crippen molar-refractivity contribution in [3.05, 3.63) is 74.9 Å². The molecule has 4 rings (SSSR count). The smallest absolute Gasteiger partial charge is 0.338 e. The number of fused-ring (bicyclic) bond motifs is 2. The Morgan fingerprint density at radius 1 is 1.15 bits per heavy atom. The molecule has 27 heavy (non-hydrogen) atoms. The number of ether oxygens (including phenoxy) is 2. The van der Waals surface area contributed by atoms with E-state index in [9.17, 15) is 14.0 Å². The van der Waals surface area contributed by atoms with Crippen LogP contribution in [0, 0.1) is 5.82 Å². The molecule has 0 amide bonds. The van der Waals surface area contributed by atoms with E-state index in [0.717, 1.165) is 30.7 Å². The number of hydrogen-bond acceptors (Lipinski definition) is 5. The van der Waals surface area contributed by atoms with Gasteiger partial charge in [0.1, 0.15) is 12.2 Å². The van der Waals surface area contributed by atoms with Crippen molar-refractivity contribution in [3.8, 4) is 5.75 Å². The Labute approximate surface area is 154 Å². The molecule has 0 fully saturated rings. The van der Waals surface area contributed by atoms with Gasteiger partial charge in [-0.05, 0) is 60.7 Å². The molecule has 0 unspecified atom stereocenters. The molecule has 0 aliphatic heterocycles. The molecule has 0 N–H and O–H groups in total. The first-order valence-electron chi connectivity index (χ1n) is 8.64. The summed E-state index contributed by atoms with van der Waals surface area (Å²) in [5, 5.41) is 0.754. The first kappa shape index (κ1) is 17.3. The lowest BCUT2D eigenvalue weighted by Gasteiger charge is -2.09. The van der Waals surface area contributed by atoms with Crippen molar-refractivity contribution in [1.29, 1.82) is 0 Å². The third-order valence-corrected chi connectivity index (χ3v) is 4.79. The van der Waals surface area contributed by atoms with Crippen molar-refractivity contribution >= 4 is 16.9 Å². The number of aryl methyl sites for hydroxylation is 2. The van der Waals surface area contributed by atoms with Crippen LogP contribution in [0.5, 0.6) is 5.75 Å². The quantitative estimate of drug-likeness (QED) is 0.518. The zero-order chi connectivity index (χ0) is 19.0. The summed E-state index contributed by atoms with van der Waals surface area (Å²) in [6.45, 7) is -0.104. The fourth-order valence-corrected chi connectivity index (χ4v) is 3.43. The van der Waals surface area contributed by atoms with E-state index in [1.807, 2.05) is 12.1 Å². The third-order valence-electron chi connectivity index (χ3n) is 4.79. The van der Waals surface area contributed by atoms with Gasteiger partial charge in [-0.15, -0.1) is 0 Å². The van der Waals surface area contributed by atoms with Gasteiger partial charge in [0.25, 0.3) is 0 Å². The Morgan fingerprint density at radius 2 is 1.93 bits per heavy atom. The maximum atomic E-state index is 13.8. The Hall–Kier alpha value is -3.15. The molecule has 5 nitrogen and oxygen atoms in total. The van der Waals surface area contributed by atoms with Gasteiger partial charge in [-0.1, -0.05) is 0 Å². The number of esters is 1. The average Bonchev–Trinajstić information content (AvgIpc) is 3.11. The first-order chi connectivity index (χ1) is 13.0. The predicted octanol–water partition coefficient (Wildman–Crippen LogP) is 3.79. The summed E-state index contributed by atoms with van der Waals surface area (Å²) in [5.74, 6) is -1.28. The second kappa shape index (κ2) is 6.87. The normalized spacial score (nSPS) is 12.8. The second-order valence-electron chi connectivity index (χ2n) is 6.49. The van der Waals surface area contributed by atoms with Crippen LogP contribution in [0.3, 0.4) is 0 Å². The molecule has 0 spiro atoms. The highest BCUT2D eigenvalue weighted by molar-refractivity contribution is 5.90. The van der Waals surface area contributed by atoms with Crippen LogP contribution in [-0.4, -0.2) is 13.1 Å². The van der Waals surface area contributed by atoms with Crippen LogP contribution in [-0.2, 0) is 24.2 Å². The molecule has 138 valence electrons. The van der Waals surface area contributed by atoms with E-state index >= 15 is 0 Å². The highest BCUT2D eigenvalue weighted by atomic mass is 19.1. The molecule has 0 radical (unpaired) electrons. The van der Waals surface area contributed by atoms with Crippen molar-refractivity contribution in [2.24, 2.45) is 0 Å². The molecule has 1 aromatic heterocycles. The summed E-state index contributed by atoms with van der Waals surface area (Å²) in [7, 11) is 1.35. The van der Waals surface area contributed by atoms with Crippen LogP contribution in [0.1, 0.15) is 33.5 Å². The molecule has 0 bridgehead atoms. The molecule has 2 aromatic carbocycles. The number of carbonyl (C=O) groups excluding carboxylic acids is 1. The summed E-state index contributed by atoms with van der Waals surface area (Å²) in [6.07, 6.45) is 3.02. The number of methoxy groups -OCH3 is 1. The Morgan fingerprint density at radius 3 is 2.67 bits per heavy atom. The minimum Gasteiger partial charge on any atom is -0.494 e. The summed E-state index contributed by atoms with van der Waals surface area (Å²) in [6, 6.07) is 9.06. The molecule has 3 aromatic rings. The van der Waals surface area contributed by atoms with Crippen LogP contribution >= 0.6 is 0 Å². The summed E-state index contributed by atoms with van der Waals surface area (Å²) < 4.78 is 29.2. The van der Waals surface area contributed by atoms with Gasteiger partial charge >= 0.3 is 11.6 Å². The number of rotatable bonds is 4. The fourth-order valence-electron chi connectivity index (χ4n) is 3.43. The number of carbonyl (C=O) groups is 1. The SMILES string of the molecule is COc1ccc(C(=O)OCc2cc(=O)oc3cc4c(cc23)CCC4)cc1F. The van der Waals surface area contributed by atoms with Gasteiger partial charge in [-0.25, -0.2) is 14.0 Å². The maximum Gasteiger partial charge on any atom is 0.338 e. The largest absolute Gasteiger partial charge is 0.494 e. The van der Waals surface area contributed by atoms with Gasteiger partial charge in [0.05, 0.1) is 12.7 Å². The monoisotopic (exact) mass is 368 g/mol. The van der Waals surface area contributed by atoms with Crippen molar-refractivity contribution < 1.29 is 23.1 Å². The summed E-state index contributed by atoms with van der Waals surface area (Å²) >= 11 is 0. The lowest BCUT2D eigenvalue weighted by Crippen LogP contribution is -2.08. The van der Waals surface area contributed by atoms with Crippen LogP contribution in [0.2, 0.25) is 0 Å². The topological polar surface area (TPSA) is 65.7 Å². The minimum atomic E-state index is -0.681. The lowest BCUT2D eigenvalue weighted by atomic mass is 10.0. The van der Waals surface area contributed by atoms with Crippen LogP contribution < -0.4 is 10.4 Å². The molecule has 6 heteroatoms. The molecule has 0 atom stereocenters. The average molecular weight is 368 g/mol. The zero-order valence-electron chi connectivity index (χ0n) is 14.7. The minimum absolute atomic E-state index is 0.0482. The predicted molar refractivity (Wildman–Crippen MR) is 96.6 cm³/mol. The van der Waals surface area contributed by atoms with E-state index in [1.165, 1.54) is 36.4 Å².